The van der Waals surface area contributed by atoms with Crippen LogP contribution < -0.4 is 0 Å². The number of hydrogen-bond acceptors (Lipinski definition) is 3. The van der Waals surface area contributed by atoms with Crippen LogP contribution in [-0.4, -0.2) is 55.5 Å². The largest absolute Gasteiger partial charge is 0.441 e. The maximum absolute atomic E-state index is 5.74. The molecule has 1 aromatic carbocycles. The van der Waals surface area contributed by atoms with Crippen molar-refractivity contribution in [1.29, 1.82) is 0 Å². The summed E-state index contributed by atoms with van der Waals surface area (Å²) in [5, 5.41) is 0. The smallest absolute Gasteiger partial charge is 0.197 e. The zero-order valence-corrected chi connectivity index (χ0v) is 12.8. The van der Waals surface area contributed by atoms with Gasteiger partial charge in [0.25, 0.3) is 0 Å². The summed E-state index contributed by atoms with van der Waals surface area (Å²) in [6.45, 7) is 2.71. The molecule has 0 saturated heterocycles. The standard InChI is InChI=1S/C15H22N4O/c1-11-7-6-8-12-14(11)17-13(20-12)9-10-16-15(18(2)3)19(4)5/h6-8H,9-10H2,1-5H3. The van der Waals surface area contributed by atoms with Crippen molar-refractivity contribution < 1.29 is 4.42 Å². The summed E-state index contributed by atoms with van der Waals surface area (Å²) in [6, 6.07) is 5.98. The molecular formula is C15H22N4O. The van der Waals surface area contributed by atoms with E-state index in [4.69, 9.17) is 4.42 Å². The zero-order valence-electron chi connectivity index (χ0n) is 12.8. The van der Waals surface area contributed by atoms with Crippen LogP contribution in [0.25, 0.3) is 11.1 Å². The maximum Gasteiger partial charge on any atom is 0.197 e. The number of rotatable bonds is 3. The van der Waals surface area contributed by atoms with Gasteiger partial charge in [0.2, 0.25) is 0 Å². The third-order valence-corrected chi connectivity index (χ3v) is 3.04. The number of para-hydroxylation sites is 1. The van der Waals surface area contributed by atoms with Crippen molar-refractivity contribution in [1.82, 2.24) is 14.8 Å². The maximum atomic E-state index is 5.74. The fraction of sp³-hybridized carbons (Fsp3) is 0.467. The Labute approximate surface area is 119 Å². The van der Waals surface area contributed by atoms with Gasteiger partial charge in [-0.15, -0.1) is 0 Å². The predicted molar refractivity (Wildman–Crippen MR) is 82.1 cm³/mol. The molecule has 0 N–H and O–H groups in total. The van der Waals surface area contributed by atoms with Gasteiger partial charge in [-0.2, -0.15) is 0 Å². The van der Waals surface area contributed by atoms with Gasteiger partial charge in [0, 0.05) is 34.6 Å². The minimum Gasteiger partial charge on any atom is -0.441 e. The molecule has 2 aromatic rings. The molecular weight excluding hydrogens is 252 g/mol. The van der Waals surface area contributed by atoms with Crippen molar-refractivity contribution in [3.63, 3.8) is 0 Å². The molecule has 0 aliphatic heterocycles. The molecule has 5 heteroatoms. The summed E-state index contributed by atoms with van der Waals surface area (Å²) in [4.78, 5) is 13.1. The van der Waals surface area contributed by atoms with E-state index in [1.807, 2.05) is 63.1 Å². The fourth-order valence-electron chi connectivity index (χ4n) is 2.17. The normalized spacial score (nSPS) is 10.7. The van der Waals surface area contributed by atoms with Gasteiger partial charge in [-0.05, 0) is 18.6 Å². The lowest BCUT2D eigenvalue weighted by Gasteiger charge is -2.22. The molecule has 0 unspecified atom stereocenters. The zero-order chi connectivity index (χ0) is 14.7. The van der Waals surface area contributed by atoms with Gasteiger partial charge in [-0.1, -0.05) is 12.1 Å². The third kappa shape index (κ3) is 3.10. The highest BCUT2D eigenvalue weighted by Gasteiger charge is 2.08. The summed E-state index contributed by atoms with van der Waals surface area (Å²) >= 11 is 0. The number of fused-ring (bicyclic) bond motifs is 1. The first-order valence-electron chi connectivity index (χ1n) is 6.73. The second-order valence-corrected chi connectivity index (χ2v) is 5.25. The number of benzene rings is 1. The Morgan fingerprint density at radius 3 is 2.50 bits per heavy atom. The van der Waals surface area contributed by atoms with Crippen LogP contribution in [0, 0.1) is 6.92 Å². The molecule has 1 heterocycles. The van der Waals surface area contributed by atoms with Gasteiger partial charge >= 0.3 is 0 Å². The molecule has 108 valence electrons. The lowest BCUT2D eigenvalue weighted by Crippen LogP contribution is -2.35. The number of aryl methyl sites for hydroxylation is 1. The Morgan fingerprint density at radius 1 is 1.20 bits per heavy atom. The minimum atomic E-state index is 0.664. The van der Waals surface area contributed by atoms with Crippen LogP contribution >= 0.6 is 0 Å². The van der Waals surface area contributed by atoms with Crippen molar-refractivity contribution in [2.45, 2.75) is 13.3 Å². The number of oxazole rings is 1. The summed E-state index contributed by atoms with van der Waals surface area (Å²) in [5.41, 5.74) is 2.94. The van der Waals surface area contributed by atoms with Crippen LogP contribution in [-0.2, 0) is 6.42 Å². The van der Waals surface area contributed by atoms with Crippen LogP contribution in [0.2, 0.25) is 0 Å². The van der Waals surface area contributed by atoms with E-state index in [1.165, 1.54) is 0 Å². The molecule has 0 fully saturated rings. The molecule has 0 aliphatic rings. The highest BCUT2D eigenvalue weighted by atomic mass is 16.3. The fourth-order valence-corrected chi connectivity index (χ4v) is 2.17. The van der Waals surface area contributed by atoms with E-state index in [-0.39, 0.29) is 0 Å². The minimum absolute atomic E-state index is 0.664. The van der Waals surface area contributed by atoms with Gasteiger partial charge in [0.05, 0.1) is 6.54 Å². The summed E-state index contributed by atoms with van der Waals surface area (Å²) in [6.07, 6.45) is 0.708. The number of aliphatic imine (C=N–C) groups is 1. The molecule has 0 radical (unpaired) electrons. The quantitative estimate of drug-likeness (QED) is 0.635. The van der Waals surface area contributed by atoms with Crippen LogP contribution in [0.4, 0.5) is 0 Å². The second kappa shape index (κ2) is 5.94. The van der Waals surface area contributed by atoms with E-state index in [2.05, 4.69) is 9.98 Å². The van der Waals surface area contributed by atoms with Crippen molar-refractivity contribution >= 4 is 17.1 Å². The van der Waals surface area contributed by atoms with Gasteiger partial charge in [-0.25, -0.2) is 4.98 Å². The number of hydrogen-bond donors (Lipinski definition) is 0. The summed E-state index contributed by atoms with van der Waals surface area (Å²) < 4.78 is 5.74. The van der Waals surface area contributed by atoms with Crippen molar-refractivity contribution in [2.75, 3.05) is 34.7 Å². The molecule has 0 spiro atoms. The highest BCUT2D eigenvalue weighted by molar-refractivity contribution is 5.79. The molecule has 2 rings (SSSR count). The summed E-state index contributed by atoms with van der Waals surface area (Å²) in [7, 11) is 7.95. The van der Waals surface area contributed by atoms with E-state index >= 15 is 0 Å². The molecule has 0 atom stereocenters. The SMILES string of the molecule is Cc1cccc2oc(CCN=C(N(C)C)N(C)C)nc12. The molecule has 0 saturated carbocycles. The van der Waals surface area contributed by atoms with Crippen LogP contribution in [0.5, 0.6) is 0 Å². The monoisotopic (exact) mass is 274 g/mol. The first-order valence-corrected chi connectivity index (χ1v) is 6.73. The van der Waals surface area contributed by atoms with Crippen molar-refractivity contribution in [2.24, 2.45) is 4.99 Å². The van der Waals surface area contributed by atoms with E-state index in [9.17, 15) is 0 Å². The van der Waals surface area contributed by atoms with Crippen LogP contribution in [0.1, 0.15) is 11.5 Å². The first kappa shape index (κ1) is 14.4. The molecule has 0 bridgehead atoms. The number of guanidine groups is 1. The van der Waals surface area contributed by atoms with Gasteiger partial charge < -0.3 is 14.2 Å². The van der Waals surface area contributed by atoms with Crippen molar-refractivity contribution in [3.8, 4) is 0 Å². The molecule has 20 heavy (non-hydrogen) atoms. The Kier molecular flexibility index (Phi) is 4.27. The van der Waals surface area contributed by atoms with Crippen molar-refractivity contribution in [3.05, 3.63) is 29.7 Å². The van der Waals surface area contributed by atoms with Gasteiger partial charge in [0.15, 0.2) is 17.4 Å². The van der Waals surface area contributed by atoms with E-state index in [1.54, 1.807) is 0 Å². The van der Waals surface area contributed by atoms with Crippen LogP contribution in [0.15, 0.2) is 27.6 Å². The number of aromatic nitrogens is 1. The Bertz CT molecular complexity index is 603. The lowest BCUT2D eigenvalue weighted by molar-refractivity contribution is 0.476. The lowest BCUT2D eigenvalue weighted by atomic mass is 10.2. The van der Waals surface area contributed by atoms with Crippen LogP contribution in [0.3, 0.4) is 0 Å². The van der Waals surface area contributed by atoms with Gasteiger partial charge in [-0.3, -0.25) is 4.99 Å². The first-order chi connectivity index (χ1) is 9.49. The van der Waals surface area contributed by atoms with E-state index < -0.39 is 0 Å². The molecule has 1 aromatic heterocycles. The Balaban J connectivity index is 2.09. The highest BCUT2D eigenvalue weighted by Crippen LogP contribution is 2.19. The molecule has 0 amide bonds. The Morgan fingerprint density at radius 2 is 1.90 bits per heavy atom. The Hall–Kier alpha value is -2.04. The molecule has 5 nitrogen and oxygen atoms in total. The predicted octanol–water partition coefficient (Wildman–Crippen LogP) is 2.16. The topological polar surface area (TPSA) is 44.9 Å². The van der Waals surface area contributed by atoms with E-state index in [0.717, 1.165) is 28.5 Å². The average Bonchev–Trinajstić information content (AvgIpc) is 2.78. The van der Waals surface area contributed by atoms with E-state index in [0.29, 0.717) is 13.0 Å². The molecule has 0 aliphatic carbocycles. The summed E-state index contributed by atoms with van der Waals surface area (Å²) in [5.74, 6) is 1.69. The number of nitrogens with zero attached hydrogens (tertiary/aromatic N) is 4. The third-order valence-electron chi connectivity index (χ3n) is 3.04. The van der Waals surface area contributed by atoms with Gasteiger partial charge in [0.1, 0.15) is 5.52 Å². The average molecular weight is 274 g/mol. The second-order valence-electron chi connectivity index (χ2n) is 5.25.